The summed E-state index contributed by atoms with van der Waals surface area (Å²) in [7, 11) is 0. The van der Waals surface area contributed by atoms with E-state index in [1.54, 1.807) is 0 Å². The molecule has 114 valence electrons. The van der Waals surface area contributed by atoms with Crippen LogP contribution in [0.1, 0.15) is 6.92 Å². The van der Waals surface area contributed by atoms with Crippen LogP contribution in [0.3, 0.4) is 0 Å². The van der Waals surface area contributed by atoms with E-state index in [-0.39, 0.29) is 5.92 Å². The van der Waals surface area contributed by atoms with Crippen molar-refractivity contribution in [2.75, 3.05) is 44.2 Å². The van der Waals surface area contributed by atoms with E-state index in [0.717, 1.165) is 50.0 Å². The molecule has 2 aliphatic rings. The number of hydrogen-bond acceptors (Lipinski definition) is 3. The summed E-state index contributed by atoms with van der Waals surface area (Å²) >= 11 is 6.04. The van der Waals surface area contributed by atoms with Gasteiger partial charge < -0.3 is 15.1 Å². The van der Waals surface area contributed by atoms with Gasteiger partial charge >= 0.3 is 0 Å². The average Bonchev–Trinajstić information content (AvgIpc) is 2.45. The minimum atomic E-state index is 0.143. The van der Waals surface area contributed by atoms with Gasteiger partial charge in [0.2, 0.25) is 5.91 Å². The molecular formula is C16H22ClN3O. The fraction of sp³-hybridized carbons (Fsp3) is 0.562. The van der Waals surface area contributed by atoms with Crippen LogP contribution in [0.2, 0.25) is 5.02 Å². The first-order valence-electron chi connectivity index (χ1n) is 7.65. The highest BCUT2D eigenvalue weighted by Gasteiger charge is 2.32. The molecule has 4 nitrogen and oxygen atoms in total. The van der Waals surface area contributed by atoms with E-state index in [4.69, 9.17) is 11.6 Å². The van der Waals surface area contributed by atoms with Gasteiger partial charge in [-0.15, -0.1) is 0 Å². The first-order valence-corrected chi connectivity index (χ1v) is 8.03. The summed E-state index contributed by atoms with van der Waals surface area (Å²) in [6.45, 7) is 7.39. The molecule has 0 saturated carbocycles. The molecule has 2 aliphatic heterocycles. The third-order valence-electron chi connectivity index (χ3n) is 4.67. The molecule has 1 aromatic rings. The minimum Gasteiger partial charge on any atom is -0.368 e. The van der Waals surface area contributed by atoms with Crippen molar-refractivity contribution in [3.8, 4) is 0 Å². The molecule has 0 radical (unpaired) electrons. The number of nitrogens with one attached hydrogen (secondary N) is 1. The van der Waals surface area contributed by atoms with Crippen LogP contribution in [0.15, 0.2) is 24.3 Å². The molecule has 5 heteroatoms. The smallest absolute Gasteiger partial charge is 0.225 e. The van der Waals surface area contributed by atoms with E-state index in [1.165, 1.54) is 0 Å². The normalized spacial score (nSPS) is 21.0. The molecule has 1 unspecified atom stereocenters. The van der Waals surface area contributed by atoms with Gasteiger partial charge in [0.1, 0.15) is 0 Å². The molecule has 21 heavy (non-hydrogen) atoms. The van der Waals surface area contributed by atoms with E-state index in [9.17, 15) is 4.79 Å². The minimum absolute atomic E-state index is 0.143. The van der Waals surface area contributed by atoms with Gasteiger partial charge in [-0.25, -0.2) is 0 Å². The van der Waals surface area contributed by atoms with Crippen molar-refractivity contribution in [2.24, 2.45) is 11.8 Å². The second kappa shape index (κ2) is 6.24. The van der Waals surface area contributed by atoms with Gasteiger partial charge in [-0.1, -0.05) is 24.6 Å². The Labute approximate surface area is 131 Å². The van der Waals surface area contributed by atoms with E-state index in [2.05, 4.69) is 23.2 Å². The molecule has 2 fully saturated rings. The second-order valence-corrected chi connectivity index (χ2v) is 6.44. The summed E-state index contributed by atoms with van der Waals surface area (Å²) in [4.78, 5) is 16.8. The van der Waals surface area contributed by atoms with Crippen molar-refractivity contribution < 1.29 is 4.79 Å². The number of halogens is 1. The van der Waals surface area contributed by atoms with Crippen LogP contribution in [0.5, 0.6) is 0 Å². The summed E-state index contributed by atoms with van der Waals surface area (Å²) in [5, 5.41) is 4.00. The lowest BCUT2D eigenvalue weighted by atomic mass is 9.88. The molecule has 3 rings (SSSR count). The van der Waals surface area contributed by atoms with Crippen molar-refractivity contribution in [3.63, 3.8) is 0 Å². The number of carbonyl (C=O) groups is 1. The van der Waals surface area contributed by atoms with Crippen molar-refractivity contribution in [1.29, 1.82) is 0 Å². The summed E-state index contributed by atoms with van der Waals surface area (Å²) in [6, 6.07) is 7.92. The van der Waals surface area contributed by atoms with Gasteiger partial charge in [0.15, 0.2) is 0 Å². The molecule has 1 N–H and O–H groups in total. The highest BCUT2D eigenvalue weighted by atomic mass is 35.5. The Morgan fingerprint density at radius 2 is 2.00 bits per heavy atom. The van der Waals surface area contributed by atoms with E-state index >= 15 is 0 Å². The van der Waals surface area contributed by atoms with Crippen LogP contribution < -0.4 is 10.2 Å². The number of benzene rings is 1. The molecule has 1 atom stereocenters. The number of nitrogens with zero attached hydrogens (tertiary/aromatic N) is 2. The summed E-state index contributed by atoms with van der Waals surface area (Å²) < 4.78 is 0. The lowest BCUT2D eigenvalue weighted by molar-refractivity contribution is -0.137. The third-order valence-corrected chi connectivity index (χ3v) is 4.91. The van der Waals surface area contributed by atoms with Crippen LogP contribution in [-0.4, -0.2) is 50.1 Å². The van der Waals surface area contributed by atoms with Gasteiger partial charge in [0.05, 0.1) is 0 Å². The van der Waals surface area contributed by atoms with Crippen LogP contribution in [0.25, 0.3) is 0 Å². The summed E-state index contributed by atoms with van der Waals surface area (Å²) in [6.07, 6.45) is 0. The predicted octanol–water partition coefficient (Wildman–Crippen LogP) is 1.84. The monoisotopic (exact) mass is 307 g/mol. The van der Waals surface area contributed by atoms with Crippen molar-refractivity contribution >= 4 is 23.2 Å². The Bertz CT molecular complexity index is 510. The van der Waals surface area contributed by atoms with Gasteiger partial charge in [-0.3, -0.25) is 4.79 Å². The zero-order valence-corrected chi connectivity index (χ0v) is 13.1. The Morgan fingerprint density at radius 3 is 2.57 bits per heavy atom. The van der Waals surface area contributed by atoms with Gasteiger partial charge in [-0.05, 0) is 37.2 Å². The Morgan fingerprint density at radius 1 is 1.29 bits per heavy atom. The summed E-state index contributed by atoms with van der Waals surface area (Å²) in [5.74, 6) is 0.972. The van der Waals surface area contributed by atoms with Crippen LogP contribution in [0, 0.1) is 11.8 Å². The number of carbonyl (C=O) groups excluding carboxylic acids is 1. The van der Waals surface area contributed by atoms with Crippen LogP contribution in [-0.2, 0) is 4.79 Å². The quantitative estimate of drug-likeness (QED) is 0.925. The maximum atomic E-state index is 12.5. The first-order chi connectivity index (χ1) is 10.1. The third kappa shape index (κ3) is 3.16. The Hall–Kier alpha value is -1.26. The fourth-order valence-corrected chi connectivity index (χ4v) is 3.20. The predicted molar refractivity (Wildman–Crippen MR) is 85.8 cm³/mol. The molecular weight excluding hydrogens is 286 g/mol. The number of rotatable bonds is 3. The van der Waals surface area contributed by atoms with E-state index < -0.39 is 0 Å². The second-order valence-electron chi connectivity index (χ2n) is 6.00. The lowest BCUT2D eigenvalue weighted by Crippen LogP contribution is -2.54. The topological polar surface area (TPSA) is 35.6 Å². The fourth-order valence-electron chi connectivity index (χ4n) is 3.01. The lowest BCUT2D eigenvalue weighted by Gasteiger charge is -2.40. The zero-order chi connectivity index (χ0) is 14.8. The number of anilines is 1. The highest BCUT2D eigenvalue weighted by molar-refractivity contribution is 6.30. The molecule has 0 bridgehead atoms. The molecule has 1 aromatic carbocycles. The van der Waals surface area contributed by atoms with Gasteiger partial charge in [0, 0.05) is 42.8 Å². The van der Waals surface area contributed by atoms with Crippen LogP contribution >= 0.6 is 11.6 Å². The van der Waals surface area contributed by atoms with E-state index in [1.807, 2.05) is 23.1 Å². The molecule has 2 saturated heterocycles. The van der Waals surface area contributed by atoms with Crippen molar-refractivity contribution in [2.45, 2.75) is 6.92 Å². The van der Waals surface area contributed by atoms with Gasteiger partial charge in [0.25, 0.3) is 0 Å². The zero-order valence-electron chi connectivity index (χ0n) is 12.4. The first kappa shape index (κ1) is 14.7. The Balaban J connectivity index is 1.56. The molecule has 0 spiro atoms. The number of hydrogen-bond donors (Lipinski definition) is 1. The average molecular weight is 308 g/mol. The van der Waals surface area contributed by atoms with Gasteiger partial charge in [-0.2, -0.15) is 0 Å². The SMILES string of the molecule is CC(C(=O)N1CCN(c2cccc(Cl)c2)CC1)C1CNC1. The summed E-state index contributed by atoms with van der Waals surface area (Å²) in [5.41, 5.74) is 1.14. The van der Waals surface area contributed by atoms with Crippen molar-refractivity contribution in [1.82, 2.24) is 10.2 Å². The number of piperazine rings is 1. The molecule has 1 amide bonds. The maximum absolute atomic E-state index is 12.5. The van der Waals surface area contributed by atoms with Crippen molar-refractivity contribution in [3.05, 3.63) is 29.3 Å². The largest absolute Gasteiger partial charge is 0.368 e. The standard InChI is InChI=1S/C16H22ClN3O/c1-12(13-10-18-11-13)16(21)20-7-5-19(6-8-20)15-4-2-3-14(17)9-15/h2-4,9,12-13,18H,5-8,10-11H2,1H3. The molecule has 0 aromatic heterocycles. The molecule has 0 aliphatic carbocycles. The maximum Gasteiger partial charge on any atom is 0.225 e. The highest BCUT2D eigenvalue weighted by Crippen LogP contribution is 2.23. The van der Waals surface area contributed by atoms with Crippen LogP contribution in [0.4, 0.5) is 5.69 Å². The van der Waals surface area contributed by atoms with E-state index in [0.29, 0.717) is 11.8 Å². The molecule has 2 heterocycles. The number of amides is 1. The Kier molecular flexibility index (Phi) is 4.36.